The summed E-state index contributed by atoms with van der Waals surface area (Å²) in [5.41, 5.74) is 1.70. The highest BCUT2D eigenvalue weighted by Gasteiger charge is 2.26. The number of fused-ring (bicyclic) bond motifs is 1. The average Bonchev–Trinajstić information content (AvgIpc) is 2.45. The van der Waals surface area contributed by atoms with Crippen molar-refractivity contribution in [1.29, 1.82) is 0 Å². The summed E-state index contributed by atoms with van der Waals surface area (Å²) in [6.07, 6.45) is 1.07. The molecule has 5 heteroatoms. The van der Waals surface area contributed by atoms with E-state index in [4.69, 9.17) is 4.74 Å². The average molecular weight is 290 g/mol. The number of ether oxygens (including phenoxy) is 1. The maximum Gasteiger partial charge on any atom is 0.227 e. The fourth-order valence-electron chi connectivity index (χ4n) is 2.29. The van der Waals surface area contributed by atoms with Gasteiger partial charge in [-0.3, -0.25) is 9.59 Å². The highest BCUT2D eigenvalue weighted by atomic mass is 16.5. The standard InChI is InChI=1S/C16H22N2O3/c1-4-15(19)18-13-5-6-14-11(8-13)7-12(9-21-14)16(20)17-10(2)3/h5-6,8,10,12H,4,7,9H2,1-3H3,(H,17,20)(H,18,19). The van der Waals surface area contributed by atoms with Gasteiger partial charge in [-0.2, -0.15) is 0 Å². The van der Waals surface area contributed by atoms with Crippen molar-refractivity contribution in [1.82, 2.24) is 5.32 Å². The Bertz CT molecular complexity index is 540. The van der Waals surface area contributed by atoms with E-state index in [1.807, 2.05) is 39.0 Å². The Balaban J connectivity index is 2.09. The summed E-state index contributed by atoms with van der Waals surface area (Å²) in [5, 5.41) is 5.73. The van der Waals surface area contributed by atoms with Gasteiger partial charge in [0.15, 0.2) is 0 Å². The van der Waals surface area contributed by atoms with E-state index >= 15 is 0 Å². The molecule has 114 valence electrons. The van der Waals surface area contributed by atoms with Gasteiger partial charge in [0.1, 0.15) is 12.4 Å². The Morgan fingerprint density at radius 1 is 1.38 bits per heavy atom. The van der Waals surface area contributed by atoms with E-state index in [0.29, 0.717) is 19.4 Å². The first-order valence-electron chi connectivity index (χ1n) is 7.35. The second-order valence-electron chi connectivity index (χ2n) is 5.60. The molecule has 1 aromatic rings. The molecule has 0 saturated heterocycles. The van der Waals surface area contributed by atoms with E-state index < -0.39 is 0 Å². The molecular formula is C16H22N2O3. The van der Waals surface area contributed by atoms with Gasteiger partial charge in [-0.25, -0.2) is 0 Å². The van der Waals surface area contributed by atoms with Crippen molar-refractivity contribution >= 4 is 17.5 Å². The largest absolute Gasteiger partial charge is 0.492 e. The zero-order valence-electron chi connectivity index (χ0n) is 12.7. The van der Waals surface area contributed by atoms with Crippen LogP contribution in [0.3, 0.4) is 0 Å². The van der Waals surface area contributed by atoms with Gasteiger partial charge in [-0.1, -0.05) is 6.92 Å². The van der Waals surface area contributed by atoms with Crippen molar-refractivity contribution in [2.24, 2.45) is 5.92 Å². The van der Waals surface area contributed by atoms with E-state index in [-0.39, 0.29) is 23.8 Å². The topological polar surface area (TPSA) is 67.4 Å². The molecular weight excluding hydrogens is 268 g/mol. The van der Waals surface area contributed by atoms with Gasteiger partial charge < -0.3 is 15.4 Å². The number of nitrogens with one attached hydrogen (secondary N) is 2. The SMILES string of the molecule is CCC(=O)Nc1ccc2c(c1)CC(C(=O)NC(C)C)CO2. The highest BCUT2D eigenvalue weighted by Crippen LogP contribution is 2.30. The molecule has 0 aliphatic carbocycles. The molecule has 0 bridgehead atoms. The van der Waals surface area contributed by atoms with Crippen LogP contribution in [-0.4, -0.2) is 24.5 Å². The lowest BCUT2D eigenvalue weighted by molar-refractivity contribution is -0.126. The molecule has 0 spiro atoms. The summed E-state index contributed by atoms with van der Waals surface area (Å²) in [6.45, 7) is 6.08. The third-order valence-corrected chi connectivity index (χ3v) is 3.37. The van der Waals surface area contributed by atoms with Crippen molar-refractivity contribution in [3.8, 4) is 5.75 Å². The number of hydrogen-bond acceptors (Lipinski definition) is 3. The smallest absolute Gasteiger partial charge is 0.227 e. The molecule has 21 heavy (non-hydrogen) atoms. The molecule has 5 nitrogen and oxygen atoms in total. The molecule has 0 fully saturated rings. The Morgan fingerprint density at radius 2 is 2.14 bits per heavy atom. The predicted molar refractivity (Wildman–Crippen MR) is 81.3 cm³/mol. The molecule has 1 aliphatic rings. The fourth-order valence-corrected chi connectivity index (χ4v) is 2.29. The number of rotatable bonds is 4. The Hall–Kier alpha value is -2.04. The first kappa shape index (κ1) is 15.4. The molecule has 1 aromatic carbocycles. The monoisotopic (exact) mass is 290 g/mol. The van der Waals surface area contributed by atoms with Crippen LogP contribution in [0.5, 0.6) is 5.75 Å². The Morgan fingerprint density at radius 3 is 2.81 bits per heavy atom. The molecule has 2 amide bonds. The predicted octanol–water partition coefficient (Wildman–Crippen LogP) is 2.11. The van der Waals surface area contributed by atoms with Crippen LogP contribution in [0, 0.1) is 5.92 Å². The molecule has 2 rings (SSSR count). The number of anilines is 1. The second-order valence-corrected chi connectivity index (χ2v) is 5.60. The first-order valence-corrected chi connectivity index (χ1v) is 7.35. The van der Waals surface area contributed by atoms with E-state index in [9.17, 15) is 9.59 Å². The highest BCUT2D eigenvalue weighted by molar-refractivity contribution is 5.90. The number of carbonyl (C=O) groups is 2. The van der Waals surface area contributed by atoms with Crippen LogP contribution in [-0.2, 0) is 16.0 Å². The van der Waals surface area contributed by atoms with Gasteiger partial charge >= 0.3 is 0 Å². The van der Waals surface area contributed by atoms with Gasteiger partial charge in [-0.15, -0.1) is 0 Å². The zero-order valence-corrected chi connectivity index (χ0v) is 12.7. The lowest BCUT2D eigenvalue weighted by Crippen LogP contribution is -2.40. The Labute approximate surface area is 125 Å². The number of benzene rings is 1. The van der Waals surface area contributed by atoms with Crippen LogP contribution in [0.15, 0.2) is 18.2 Å². The summed E-state index contributed by atoms with van der Waals surface area (Å²) < 4.78 is 5.65. The summed E-state index contributed by atoms with van der Waals surface area (Å²) >= 11 is 0. The van der Waals surface area contributed by atoms with Crippen molar-refractivity contribution in [3.63, 3.8) is 0 Å². The summed E-state index contributed by atoms with van der Waals surface area (Å²) in [5.74, 6) is 0.592. The number of hydrogen-bond donors (Lipinski definition) is 2. The van der Waals surface area contributed by atoms with Gasteiger partial charge in [0.05, 0.1) is 5.92 Å². The minimum Gasteiger partial charge on any atom is -0.492 e. The number of carbonyl (C=O) groups excluding carboxylic acids is 2. The normalized spacial score (nSPS) is 16.9. The lowest BCUT2D eigenvalue weighted by Gasteiger charge is -2.25. The maximum atomic E-state index is 12.1. The van der Waals surface area contributed by atoms with Crippen LogP contribution in [0.2, 0.25) is 0 Å². The summed E-state index contributed by atoms with van der Waals surface area (Å²) in [7, 11) is 0. The Kier molecular flexibility index (Phi) is 4.83. The molecule has 0 radical (unpaired) electrons. The lowest BCUT2D eigenvalue weighted by atomic mass is 9.95. The van der Waals surface area contributed by atoms with Crippen LogP contribution in [0.4, 0.5) is 5.69 Å². The van der Waals surface area contributed by atoms with Crippen LogP contribution >= 0.6 is 0 Å². The van der Waals surface area contributed by atoms with Gasteiger partial charge in [-0.05, 0) is 44.0 Å². The quantitative estimate of drug-likeness (QED) is 0.892. The first-order chi connectivity index (χ1) is 9.99. The maximum absolute atomic E-state index is 12.1. The minimum absolute atomic E-state index is 0.0126. The molecule has 1 aliphatic heterocycles. The second kappa shape index (κ2) is 6.61. The fraction of sp³-hybridized carbons (Fsp3) is 0.500. The molecule has 1 atom stereocenters. The molecule has 1 unspecified atom stereocenters. The van der Waals surface area contributed by atoms with Crippen molar-refractivity contribution in [2.75, 3.05) is 11.9 Å². The molecule has 0 aromatic heterocycles. The van der Waals surface area contributed by atoms with Crippen molar-refractivity contribution in [2.45, 2.75) is 39.7 Å². The van der Waals surface area contributed by atoms with E-state index in [0.717, 1.165) is 17.0 Å². The van der Waals surface area contributed by atoms with E-state index in [2.05, 4.69) is 10.6 Å². The molecule has 2 N–H and O–H groups in total. The van der Waals surface area contributed by atoms with Crippen molar-refractivity contribution in [3.05, 3.63) is 23.8 Å². The van der Waals surface area contributed by atoms with Crippen LogP contribution in [0.25, 0.3) is 0 Å². The van der Waals surface area contributed by atoms with Crippen molar-refractivity contribution < 1.29 is 14.3 Å². The van der Waals surface area contributed by atoms with E-state index in [1.165, 1.54) is 0 Å². The third-order valence-electron chi connectivity index (χ3n) is 3.37. The summed E-state index contributed by atoms with van der Waals surface area (Å²) in [6, 6.07) is 5.67. The van der Waals surface area contributed by atoms with Gasteiger partial charge in [0, 0.05) is 18.2 Å². The van der Waals surface area contributed by atoms with E-state index in [1.54, 1.807) is 0 Å². The zero-order chi connectivity index (χ0) is 15.4. The van der Waals surface area contributed by atoms with Crippen LogP contribution in [0.1, 0.15) is 32.8 Å². The number of amides is 2. The van der Waals surface area contributed by atoms with Gasteiger partial charge in [0.25, 0.3) is 0 Å². The molecule has 1 heterocycles. The summed E-state index contributed by atoms with van der Waals surface area (Å²) in [4.78, 5) is 23.5. The van der Waals surface area contributed by atoms with Gasteiger partial charge in [0.2, 0.25) is 11.8 Å². The minimum atomic E-state index is -0.183. The molecule has 0 saturated carbocycles. The third kappa shape index (κ3) is 3.97. The van der Waals surface area contributed by atoms with Crippen LogP contribution < -0.4 is 15.4 Å².